The molecule has 7 nitrogen and oxygen atoms in total. The Balaban J connectivity index is 0.00000364. The number of benzene rings is 1. The van der Waals surface area contributed by atoms with Crippen LogP contribution in [0.2, 0.25) is 0 Å². The van der Waals surface area contributed by atoms with Gasteiger partial charge in [-0.05, 0) is 25.5 Å². The molecule has 0 bridgehead atoms. The van der Waals surface area contributed by atoms with Gasteiger partial charge in [0.1, 0.15) is 0 Å². The van der Waals surface area contributed by atoms with E-state index >= 15 is 0 Å². The highest BCUT2D eigenvalue weighted by molar-refractivity contribution is 14.0. The van der Waals surface area contributed by atoms with Crippen LogP contribution in [0.15, 0.2) is 35.3 Å². The molecule has 3 N–H and O–H groups in total. The number of halogens is 1. The molecule has 0 saturated carbocycles. The maximum Gasteiger partial charge on any atom is 0.224 e. The number of anilines is 1. The lowest BCUT2D eigenvalue weighted by molar-refractivity contribution is -0.131. The van der Waals surface area contributed by atoms with Crippen LogP contribution >= 0.6 is 24.0 Å². The number of piperazine rings is 1. The van der Waals surface area contributed by atoms with Gasteiger partial charge in [0.15, 0.2) is 5.96 Å². The molecule has 1 aliphatic heterocycles. The Morgan fingerprint density at radius 2 is 1.93 bits per heavy atom. The molecule has 0 unspecified atom stereocenters. The summed E-state index contributed by atoms with van der Waals surface area (Å²) in [6.07, 6.45) is 1.28. The maximum atomic E-state index is 12.3. The van der Waals surface area contributed by atoms with Crippen molar-refractivity contribution in [1.29, 1.82) is 0 Å². The van der Waals surface area contributed by atoms with Crippen molar-refractivity contribution in [3.05, 3.63) is 30.3 Å². The van der Waals surface area contributed by atoms with Crippen molar-refractivity contribution in [2.75, 3.05) is 57.4 Å². The number of aliphatic imine (C=N–C) groups is 1. The zero-order chi connectivity index (χ0) is 18.6. The molecule has 0 aromatic heterocycles. The number of amides is 1. The van der Waals surface area contributed by atoms with Gasteiger partial charge in [-0.15, -0.1) is 24.0 Å². The van der Waals surface area contributed by atoms with Gasteiger partial charge in [0.2, 0.25) is 5.91 Å². The van der Waals surface area contributed by atoms with E-state index in [1.807, 2.05) is 30.0 Å². The number of guanidine groups is 1. The van der Waals surface area contributed by atoms with Gasteiger partial charge in [-0.25, -0.2) is 0 Å². The van der Waals surface area contributed by atoms with E-state index in [1.54, 1.807) is 0 Å². The summed E-state index contributed by atoms with van der Waals surface area (Å²) >= 11 is 0. The Bertz CT molecular complexity index is 562. The molecule has 1 amide bonds. The van der Waals surface area contributed by atoms with E-state index in [2.05, 4.69) is 27.3 Å². The van der Waals surface area contributed by atoms with E-state index < -0.39 is 0 Å². The number of ether oxygens (including phenoxy) is 1. The Labute approximate surface area is 179 Å². The predicted molar refractivity (Wildman–Crippen MR) is 121 cm³/mol. The van der Waals surface area contributed by atoms with Crippen molar-refractivity contribution in [1.82, 2.24) is 10.2 Å². The van der Waals surface area contributed by atoms with Gasteiger partial charge in [0.05, 0.1) is 0 Å². The highest BCUT2D eigenvalue weighted by atomic mass is 127. The molecule has 1 aromatic rings. The zero-order valence-electron chi connectivity index (χ0n) is 16.1. The number of nitrogens with zero attached hydrogens (tertiary/aromatic N) is 3. The molecular weight excluding hydrogens is 457 g/mol. The lowest BCUT2D eigenvalue weighted by Crippen LogP contribution is -2.49. The summed E-state index contributed by atoms with van der Waals surface area (Å²) in [6, 6.07) is 10.3. The molecule has 8 heteroatoms. The molecule has 152 valence electrons. The van der Waals surface area contributed by atoms with Crippen LogP contribution in [0.3, 0.4) is 0 Å². The van der Waals surface area contributed by atoms with Crippen molar-refractivity contribution >= 4 is 41.5 Å². The second-order valence-corrected chi connectivity index (χ2v) is 6.20. The van der Waals surface area contributed by atoms with Crippen LogP contribution in [-0.2, 0) is 9.53 Å². The molecule has 2 rings (SSSR count). The zero-order valence-corrected chi connectivity index (χ0v) is 18.4. The Kier molecular flexibility index (Phi) is 11.8. The first-order valence-corrected chi connectivity index (χ1v) is 9.40. The van der Waals surface area contributed by atoms with E-state index in [-0.39, 0.29) is 29.9 Å². The van der Waals surface area contributed by atoms with Crippen LogP contribution in [-0.4, -0.2) is 69.2 Å². The van der Waals surface area contributed by atoms with Crippen LogP contribution in [0.4, 0.5) is 5.69 Å². The molecule has 0 spiro atoms. The van der Waals surface area contributed by atoms with Crippen molar-refractivity contribution in [3.63, 3.8) is 0 Å². The molecule has 0 atom stereocenters. The summed E-state index contributed by atoms with van der Waals surface area (Å²) in [7, 11) is 0. The summed E-state index contributed by atoms with van der Waals surface area (Å²) in [5.41, 5.74) is 7.02. The van der Waals surface area contributed by atoms with Gasteiger partial charge in [-0.1, -0.05) is 18.2 Å². The Morgan fingerprint density at radius 1 is 1.22 bits per heavy atom. The fourth-order valence-corrected chi connectivity index (χ4v) is 2.87. The summed E-state index contributed by atoms with van der Waals surface area (Å²) < 4.78 is 5.25. The summed E-state index contributed by atoms with van der Waals surface area (Å²) in [6.45, 7) is 7.78. The average Bonchev–Trinajstić information content (AvgIpc) is 2.68. The lowest BCUT2D eigenvalue weighted by Gasteiger charge is -2.36. The average molecular weight is 489 g/mol. The van der Waals surface area contributed by atoms with Crippen molar-refractivity contribution in [2.45, 2.75) is 19.8 Å². The van der Waals surface area contributed by atoms with E-state index in [0.29, 0.717) is 32.1 Å². The van der Waals surface area contributed by atoms with Gasteiger partial charge in [-0.3, -0.25) is 9.79 Å². The third-order valence-electron chi connectivity index (χ3n) is 4.33. The third-order valence-corrected chi connectivity index (χ3v) is 4.33. The summed E-state index contributed by atoms with van der Waals surface area (Å²) in [5, 5.41) is 3.01. The van der Waals surface area contributed by atoms with Crippen LogP contribution in [0.25, 0.3) is 0 Å². The number of carbonyl (C=O) groups is 1. The van der Waals surface area contributed by atoms with Gasteiger partial charge < -0.3 is 25.6 Å². The standard InChI is InChI=1S/C19H31N5O2.HI/c1-2-26-16-6-10-21-19(20)22-11-9-18(25)24-14-12-23(13-15-24)17-7-4-3-5-8-17;/h3-5,7-8H,2,6,9-16H2,1H3,(H3,20,21,22);1H. The second kappa shape index (κ2) is 13.6. The van der Waals surface area contributed by atoms with Crippen LogP contribution in [0.5, 0.6) is 0 Å². The largest absolute Gasteiger partial charge is 0.382 e. The number of carbonyl (C=O) groups excluding carboxylic acids is 1. The molecule has 1 aromatic carbocycles. The third kappa shape index (κ3) is 8.79. The smallest absolute Gasteiger partial charge is 0.224 e. The van der Waals surface area contributed by atoms with Gasteiger partial charge >= 0.3 is 0 Å². The van der Waals surface area contributed by atoms with E-state index in [1.165, 1.54) is 5.69 Å². The Hall–Kier alpha value is -1.55. The minimum Gasteiger partial charge on any atom is -0.382 e. The highest BCUT2D eigenvalue weighted by Gasteiger charge is 2.20. The van der Waals surface area contributed by atoms with E-state index in [9.17, 15) is 4.79 Å². The fourth-order valence-electron chi connectivity index (χ4n) is 2.87. The number of nitrogens with one attached hydrogen (secondary N) is 1. The first-order valence-electron chi connectivity index (χ1n) is 9.40. The van der Waals surface area contributed by atoms with Crippen molar-refractivity contribution < 1.29 is 9.53 Å². The number of nitrogens with two attached hydrogens (primary N) is 1. The summed E-state index contributed by atoms with van der Waals surface area (Å²) in [4.78, 5) is 20.8. The number of rotatable bonds is 9. The van der Waals surface area contributed by atoms with E-state index in [4.69, 9.17) is 10.5 Å². The minimum absolute atomic E-state index is 0. The Morgan fingerprint density at radius 3 is 2.59 bits per heavy atom. The first kappa shape index (κ1) is 23.5. The maximum absolute atomic E-state index is 12.3. The SMILES string of the molecule is CCOCCCN=C(N)NCCC(=O)N1CCN(c2ccccc2)CC1.I. The van der Waals surface area contributed by atoms with Gasteiger partial charge in [0.25, 0.3) is 0 Å². The predicted octanol–water partition coefficient (Wildman–Crippen LogP) is 1.67. The number of hydrogen-bond acceptors (Lipinski definition) is 4. The van der Waals surface area contributed by atoms with E-state index in [0.717, 1.165) is 39.2 Å². The van der Waals surface area contributed by atoms with Gasteiger partial charge in [-0.2, -0.15) is 0 Å². The molecule has 1 heterocycles. The van der Waals surface area contributed by atoms with Crippen LogP contribution in [0.1, 0.15) is 19.8 Å². The van der Waals surface area contributed by atoms with Crippen molar-refractivity contribution in [3.8, 4) is 0 Å². The molecule has 0 radical (unpaired) electrons. The normalized spacial score (nSPS) is 14.6. The van der Waals surface area contributed by atoms with Crippen LogP contribution in [0, 0.1) is 0 Å². The molecule has 27 heavy (non-hydrogen) atoms. The molecular formula is C19H32IN5O2. The highest BCUT2D eigenvalue weighted by Crippen LogP contribution is 2.15. The fraction of sp³-hybridized carbons (Fsp3) is 0.579. The number of para-hydroxylation sites is 1. The lowest BCUT2D eigenvalue weighted by atomic mass is 10.2. The molecule has 1 saturated heterocycles. The minimum atomic E-state index is 0. The molecule has 1 fully saturated rings. The number of hydrogen-bond donors (Lipinski definition) is 2. The van der Waals surface area contributed by atoms with Crippen LogP contribution < -0.4 is 16.0 Å². The quantitative estimate of drug-likeness (QED) is 0.239. The molecule has 1 aliphatic rings. The summed E-state index contributed by atoms with van der Waals surface area (Å²) in [5.74, 6) is 0.553. The van der Waals surface area contributed by atoms with Gasteiger partial charge in [0, 0.05) is 64.6 Å². The topological polar surface area (TPSA) is 83.2 Å². The second-order valence-electron chi connectivity index (χ2n) is 6.20. The molecule has 0 aliphatic carbocycles. The van der Waals surface area contributed by atoms with Crippen molar-refractivity contribution in [2.24, 2.45) is 10.7 Å². The monoisotopic (exact) mass is 489 g/mol. The first-order chi connectivity index (χ1) is 12.7.